The second-order valence-electron chi connectivity index (χ2n) is 6.94. The zero-order valence-corrected chi connectivity index (χ0v) is 15.2. The summed E-state index contributed by atoms with van der Waals surface area (Å²) in [4.78, 5) is 25.0. The Balaban J connectivity index is 1.41. The first-order valence-electron chi connectivity index (χ1n) is 9.09. The first-order chi connectivity index (χ1) is 13.1. The molecule has 0 spiro atoms. The SMILES string of the molecule is Cc1nn(CC(=O)N[C@H]2CCc3[nH]ncc3C2)c(=O)n1Cc1ccccc1. The van der Waals surface area contributed by atoms with Crippen molar-refractivity contribution < 1.29 is 4.79 Å². The molecular formula is C19H22N6O2. The molecule has 8 heteroatoms. The molecule has 140 valence electrons. The molecule has 0 bridgehead atoms. The van der Waals surface area contributed by atoms with Gasteiger partial charge < -0.3 is 5.32 Å². The smallest absolute Gasteiger partial charge is 0.346 e. The Morgan fingerprint density at radius 2 is 2.15 bits per heavy atom. The van der Waals surface area contributed by atoms with Crippen LogP contribution in [0.25, 0.3) is 0 Å². The third-order valence-corrected chi connectivity index (χ3v) is 4.97. The Kier molecular flexibility index (Phi) is 4.62. The molecule has 2 aromatic heterocycles. The Bertz CT molecular complexity index is 1000. The second kappa shape index (κ2) is 7.22. The highest BCUT2D eigenvalue weighted by Gasteiger charge is 2.22. The third-order valence-electron chi connectivity index (χ3n) is 4.97. The van der Waals surface area contributed by atoms with E-state index >= 15 is 0 Å². The summed E-state index contributed by atoms with van der Waals surface area (Å²) in [6, 6.07) is 9.79. The molecule has 1 aliphatic rings. The molecule has 0 saturated carbocycles. The molecule has 3 aromatic rings. The van der Waals surface area contributed by atoms with Gasteiger partial charge in [-0.05, 0) is 37.3 Å². The van der Waals surface area contributed by atoms with Gasteiger partial charge >= 0.3 is 5.69 Å². The van der Waals surface area contributed by atoms with Gasteiger partial charge in [0.2, 0.25) is 5.91 Å². The van der Waals surface area contributed by atoms with Gasteiger partial charge in [0.1, 0.15) is 12.4 Å². The first kappa shape index (κ1) is 17.3. The summed E-state index contributed by atoms with van der Waals surface area (Å²) in [5.41, 5.74) is 3.04. The van der Waals surface area contributed by atoms with Crippen molar-refractivity contribution in [2.75, 3.05) is 0 Å². The van der Waals surface area contributed by atoms with Gasteiger partial charge in [-0.1, -0.05) is 30.3 Å². The lowest BCUT2D eigenvalue weighted by Crippen LogP contribution is -2.42. The number of benzene rings is 1. The topological polar surface area (TPSA) is 97.6 Å². The Morgan fingerprint density at radius 1 is 1.33 bits per heavy atom. The van der Waals surface area contributed by atoms with E-state index in [1.807, 2.05) is 36.5 Å². The summed E-state index contributed by atoms with van der Waals surface area (Å²) in [6.45, 7) is 2.15. The number of hydrogen-bond donors (Lipinski definition) is 2. The average molecular weight is 366 g/mol. The van der Waals surface area contributed by atoms with Gasteiger partial charge in [0.25, 0.3) is 0 Å². The second-order valence-corrected chi connectivity index (χ2v) is 6.94. The van der Waals surface area contributed by atoms with Gasteiger partial charge in [-0.25, -0.2) is 9.48 Å². The van der Waals surface area contributed by atoms with E-state index in [4.69, 9.17) is 0 Å². The number of amides is 1. The fourth-order valence-electron chi connectivity index (χ4n) is 3.55. The molecule has 1 atom stereocenters. The molecule has 2 heterocycles. The van der Waals surface area contributed by atoms with E-state index < -0.39 is 0 Å². The van der Waals surface area contributed by atoms with Crippen molar-refractivity contribution in [1.82, 2.24) is 29.9 Å². The summed E-state index contributed by atoms with van der Waals surface area (Å²) in [5.74, 6) is 0.399. The maximum Gasteiger partial charge on any atom is 0.346 e. The van der Waals surface area contributed by atoms with Gasteiger partial charge in [0, 0.05) is 11.7 Å². The number of nitrogens with one attached hydrogen (secondary N) is 2. The Hall–Kier alpha value is -3.16. The fourth-order valence-corrected chi connectivity index (χ4v) is 3.55. The van der Waals surface area contributed by atoms with Gasteiger partial charge in [-0.2, -0.15) is 10.2 Å². The summed E-state index contributed by atoms with van der Waals surface area (Å²) >= 11 is 0. The van der Waals surface area contributed by atoms with Gasteiger partial charge in [0.15, 0.2) is 0 Å². The molecule has 0 fully saturated rings. The van der Waals surface area contributed by atoms with Crippen molar-refractivity contribution in [2.45, 2.75) is 45.3 Å². The minimum absolute atomic E-state index is 0.0609. The number of aryl methyl sites for hydroxylation is 2. The van der Waals surface area contributed by atoms with E-state index in [-0.39, 0.29) is 24.2 Å². The van der Waals surface area contributed by atoms with Crippen LogP contribution in [0.4, 0.5) is 0 Å². The van der Waals surface area contributed by atoms with Crippen molar-refractivity contribution in [3.05, 3.63) is 69.7 Å². The zero-order valence-electron chi connectivity index (χ0n) is 15.2. The number of rotatable bonds is 5. The Morgan fingerprint density at radius 3 is 2.96 bits per heavy atom. The van der Waals surface area contributed by atoms with Crippen LogP contribution in [0.15, 0.2) is 41.3 Å². The zero-order chi connectivity index (χ0) is 18.8. The maximum atomic E-state index is 12.6. The highest BCUT2D eigenvalue weighted by atomic mass is 16.2. The molecule has 0 saturated heterocycles. The lowest BCUT2D eigenvalue weighted by atomic mass is 9.93. The van der Waals surface area contributed by atoms with Crippen molar-refractivity contribution in [1.29, 1.82) is 0 Å². The number of hydrogen-bond acceptors (Lipinski definition) is 4. The molecule has 0 unspecified atom stereocenters. The summed E-state index contributed by atoms with van der Waals surface area (Å²) < 4.78 is 2.82. The number of H-pyrrole nitrogens is 1. The van der Waals surface area contributed by atoms with Crippen LogP contribution >= 0.6 is 0 Å². The predicted octanol–water partition coefficient (Wildman–Crippen LogP) is 0.798. The highest BCUT2D eigenvalue weighted by Crippen LogP contribution is 2.18. The summed E-state index contributed by atoms with van der Waals surface area (Å²) in [6.07, 6.45) is 4.29. The standard InChI is InChI=1S/C19H22N6O2/c1-13-23-25(19(27)24(13)11-14-5-3-2-4-6-14)12-18(26)21-16-7-8-17-15(9-16)10-20-22-17/h2-6,10,16H,7-9,11-12H2,1H3,(H,20,22)(H,21,26)/t16-/m0/s1. The van der Waals surface area contributed by atoms with Gasteiger partial charge in [-0.3, -0.25) is 14.5 Å². The highest BCUT2D eigenvalue weighted by molar-refractivity contribution is 5.76. The molecule has 27 heavy (non-hydrogen) atoms. The monoisotopic (exact) mass is 366 g/mol. The number of nitrogens with zero attached hydrogens (tertiary/aromatic N) is 4. The average Bonchev–Trinajstić information content (AvgIpc) is 3.22. The Labute approximate surface area is 156 Å². The summed E-state index contributed by atoms with van der Waals surface area (Å²) in [7, 11) is 0. The van der Waals surface area contributed by atoms with E-state index in [0.29, 0.717) is 12.4 Å². The van der Waals surface area contributed by atoms with Gasteiger partial charge in [0.05, 0.1) is 12.7 Å². The lowest BCUT2D eigenvalue weighted by molar-refractivity contribution is -0.122. The molecule has 1 aliphatic carbocycles. The fraction of sp³-hybridized carbons (Fsp3) is 0.368. The number of aromatic nitrogens is 5. The van der Waals surface area contributed by atoms with Crippen molar-refractivity contribution in [3.63, 3.8) is 0 Å². The molecule has 2 N–H and O–H groups in total. The summed E-state index contributed by atoms with van der Waals surface area (Å²) in [5, 5.41) is 14.3. The molecule has 4 rings (SSSR count). The molecule has 1 aromatic carbocycles. The van der Waals surface area contributed by atoms with Crippen molar-refractivity contribution >= 4 is 5.91 Å². The minimum Gasteiger partial charge on any atom is -0.351 e. The minimum atomic E-state index is -0.271. The van der Waals surface area contributed by atoms with Crippen LogP contribution in [0.1, 0.15) is 29.1 Å². The normalized spacial score (nSPS) is 16.1. The van der Waals surface area contributed by atoms with Crippen LogP contribution in [0.3, 0.4) is 0 Å². The quantitative estimate of drug-likeness (QED) is 0.698. The van der Waals surface area contributed by atoms with Crippen LogP contribution in [0, 0.1) is 6.92 Å². The van der Waals surface area contributed by atoms with Crippen molar-refractivity contribution in [3.8, 4) is 0 Å². The van der Waals surface area contributed by atoms with E-state index in [9.17, 15) is 9.59 Å². The number of carbonyl (C=O) groups is 1. The number of fused-ring (bicyclic) bond motifs is 1. The van der Waals surface area contributed by atoms with Crippen LogP contribution in [0.5, 0.6) is 0 Å². The third kappa shape index (κ3) is 3.69. The van der Waals surface area contributed by atoms with Crippen LogP contribution in [0.2, 0.25) is 0 Å². The number of carbonyl (C=O) groups excluding carboxylic acids is 1. The molecule has 1 amide bonds. The first-order valence-corrected chi connectivity index (χ1v) is 9.09. The van der Waals surface area contributed by atoms with Crippen molar-refractivity contribution in [2.24, 2.45) is 0 Å². The molecular weight excluding hydrogens is 344 g/mol. The molecule has 8 nitrogen and oxygen atoms in total. The van der Waals surface area contributed by atoms with Crippen LogP contribution in [-0.2, 0) is 30.7 Å². The predicted molar refractivity (Wildman–Crippen MR) is 99.3 cm³/mol. The maximum absolute atomic E-state index is 12.6. The van der Waals surface area contributed by atoms with Crippen LogP contribution < -0.4 is 11.0 Å². The number of aromatic amines is 1. The van der Waals surface area contributed by atoms with Gasteiger partial charge in [-0.15, -0.1) is 0 Å². The van der Waals surface area contributed by atoms with E-state index in [1.54, 1.807) is 11.5 Å². The lowest BCUT2D eigenvalue weighted by Gasteiger charge is -2.22. The largest absolute Gasteiger partial charge is 0.351 e. The molecule has 0 aliphatic heterocycles. The van der Waals surface area contributed by atoms with E-state index in [2.05, 4.69) is 20.6 Å². The van der Waals surface area contributed by atoms with E-state index in [0.717, 1.165) is 36.1 Å². The van der Waals surface area contributed by atoms with E-state index in [1.165, 1.54) is 4.68 Å². The molecule has 0 radical (unpaired) electrons. The van der Waals surface area contributed by atoms with Crippen LogP contribution in [-0.4, -0.2) is 36.5 Å².